The highest BCUT2D eigenvalue weighted by Crippen LogP contribution is 2.12. The summed E-state index contributed by atoms with van der Waals surface area (Å²) >= 11 is 0. The van der Waals surface area contributed by atoms with Crippen LogP contribution in [0.3, 0.4) is 0 Å². The highest BCUT2D eigenvalue weighted by Gasteiger charge is 2.19. The van der Waals surface area contributed by atoms with Crippen molar-refractivity contribution >= 4 is 5.96 Å². The van der Waals surface area contributed by atoms with E-state index < -0.39 is 0 Å². The average molecular weight is 331 g/mol. The molecule has 4 nitrogen and oxygen atoms in total. The molecule has 0 aromatic heterocycles. The topological polar surface area (TPSA) is 39.7 Å². The molecule has 2 N–H and O–H groups in total. The highest BCUT2D eigenvalue weighted by atomic mass is 15.2. The summed E-state index contributed by atoms with van der Waals surface area (Å²) in [5.74, 6) is 0.956. The van der Waals surface area contributed by atoms with Gasteiger partial charge in [-0.25, -0.2) is 4.99 Å². The van der Waals surface area contributed by atoms with Crippen molar-refractivity contribution in [3.8, 4) is 0 Å². The molecular weight excluding hydrogens is 296 g/mol. The molecule has 4 heteroatoms. The van der Waals surface area contributed by atoms with Crippen LogP contribution in [0.5, 0.6) is 0 Å². The van der Waals surface area contributed by atoms with Crippen LogP contribution in [-0.2, 0) is 13.0 Å². The molecule has 1 aliphatic rings. The van der Waals surface area contributed by atoms with E-state index in [1.807, 2.05) is 0 Å². The van der Waals surface area contributed by atoms with Gasteiger partial charge in [0.1, 0.15) is 0 Å². The van der Waals surface area contributed by atoms with Crippen LogP contribution in [0.1, 0.15) is 51.2 Å². The van der Waals surface area contributed by atoms with Crippen LogP contribution in [0, 0.1) is 0 Å². The van der Waals surface area contributed by atoms with E-state index in [9.17, 15) is 0 Å². The number of aliphatic imine (C=N–C) groups is 1. The molecule has 0 atom stereocenters. The molecule has 0 bridgehead atoms. The first-order valence-electron chi connectivity index (χ1n) is 9.60. The minimum absolute atomic E-state index is 0.539. The molecule has 1 aliphatic heterocycles. The van der Waals surface area contributed by atoms with Crippen molar-refractivity contribution in [1.29, 1.82) is 0 Å². The fourth-order valence-electron chi connectivity index (χ4n) is 3.35. The first-order chi connectivity index (χ1) is 11.8. The van der Waals surface area contributed by atoms with Crippen LogP contribution < -0.4 is 10.6 Å². The third-order valence-electron chi connectivity index (χ3n) is 4.72. The maximum atomic E-state index is 4.82. The second-order valence-corrected chi connectivity index (χ2v) is 6.58. The number of guanidine groups is 1. The third kappa shape index (κ3) is 5.82. The van der Waals surface area contributed by atoms with Crippen molar-refractivity contribution in [2.45, 2.75) is 59.0 Å². The van der Waals surface area contributed by atoms with Crippen molar-refractivity contribution in [2.75, 3.05) is 26.2 Å². The first kappa shape index (κ1) is 18.8. The van der Waals surface area contributed by atoms with E-state index in [-0.39, 0.29) is 0 Å². The zero-order valence-corrected chi connectivity index (χ0v) is 15.6. The normalized spacial score (nSPS) is 17.0. The average Bonchev–Trinajstić information content (AvgIpc) is 2.62. The molecule has 0 radical (unpaired) electrons. The SMILES string of the molecule is CCCN1CCC(NC(=NCc2ccccc2CC)NCC)CC1. The second-order valence-electron chi connectivity index (χ2n) is 6.58. The van der Waals surface area contributed by atoms with Gasteiger partial charge in [-0.05, 0) is 50.3 Å². The monoisotopic (exact) mass is 330 g/mol. The maximum Gasteiger partial charge on any atom is 0.191 e. The molecule has 2 rings (SSSR count). The van der Waals surface area contributed by atoms with E-state index in [1.54, 1.807) is 0 Å². The molecule has 1 saturated heterocycles. The Morgan fingerprint density at radius 3 is 2.46 bits per heavy atom. The summed E-state index contributed by atoms with van der Waals surface area (Å²) < 4.78 is 0. The van der Waals surface area contributed by atoms with Gasteiger partial charge in [0.25, 0.3) is 0 Å². The summed E-state index contributed by atoms with van der Waals surface area (Å²) in [6, 6.07) is 9.15. The molecule has 0 aliphatic carbocycles. The van der Waals surface area contributed by atoms with Gasteiger partial charge in [-0.15, -0.1) is 0 Å². The summed E-state index contributed by atoms with van der Waals surface area (Å²) in [6.45, 7) is 11.9. The Kier molecular flexibility index (Phi) is 8.10. The van der Waals surface area contributed by atoms with Crippen LogP contribution >= 0.6 is 0 Å². The van der Waals surface area contributed by atoms with Crippen molar-refractivity contribution in [3.63, 3.8) is 0 Å². The lowest BCUT2D eigenvalue weighted by Gasteiger charge is -2.32. The van der Waals surface area contributed by atoms with Crippen molar-refractivity contribution in [2.24, 2.45) is 4.99 Å². The van der Waals surface area contributed by atoms with Gasteiger partial charge in [0.05, 0.1) is 6.54 Å². The largest absolute Gasteiger partial charge is 0.357 e. The van der Waals surface area contributed by atoms with E-state index in [0.29, 0.717) is 6.04 Å². The number of piperidine rings is 1. The van der Waals surface area contributed by atoms with Crippen LogP contribution in [0.4, 0.5) is 0 Å². The zero-order chi connectivity index (χ0) is 17.2. The number of aryl methyl sites for hydroxylation is 1. The predicted octanol–water partition coefficient (Wildman–Crippen LogP) is 3.18. The Labute approximate surface area is 147 Å². The van der Waals surface area contributed by atoms with Crippen LogP contribution in [-0.4, -0.2) is 43.1 Å². The van der Waals surface area contributed by atoms with E-state index >= 15 is 0 Å². The molecule has 1 aromatic carbocycles. The van der Waals surface area contributed by atoms with Gasteiger partial charge in [-0.2, -0.15) is 0 Å². The Hall–Kier alpha value is -1.55. The lowest BCUT2D eigenvalue weighted by Crippen LogP contribution is -2.48. The molecule has 1 aromatic rings. The number of likely N-dealkylation sites (tertiary alicyclic amines) is 1. The van der Waals surface area contributed by atoms with E-state index in [0.717, 1.165) is 25.5 Å². The molecule has 1 heterocycles. The second kappa shape index (κ2) is 10.3. The molecular formula is C20H34N4. The van der Waals surface area contributed by atoms with Gasteiger partial charge in [0.2, 0.25) is 0 Å². The first-order valence-corrected chi connectivity index (χ1v) is 9.60. The number of benzene rings is 1. The summed E-state index contributed by atoms with van der Waals surface area (Å²) in [6.07, 6.45) is 4.72. The fourth-order valence-corrected chi connectivity index (χ4v) is 3.35. The molecule has 1 fully saturated rings. The Morgan fingerprint density at radius 2 is 1.83 bits per heavy atom. The number of nitrogens with zero attached hydrogens (tertiary/aromatic N) is 2. The van der Waals surface area contributed by atoms with Gasteiger partial charge in [-0.1, -0.05) is 38.1 Å². The van der Waals surface area contributed by atoms with Crippen molar-refractivity contribution in [3.05, 3.63) is 35.4 Å². The van der Waals surface area contributed by atoms with Gasteiger partial charge in [-0.3, -0.25) is 0 Å². The molecule has 0 unspecified atom stereocenters. The Balaban J connectivity index is 1.91. The van der Waals surface area contributed by atoms with Gasteiger partial charge in [0.15, 0.2) is 5.96 Å². The number of rotatable bonds is 7. The fraction of sp³-hybridized carbons (Fsp3) is 0.650. The highest BCUT2D eigenvalue weighted by molar-refractivity contribution is 5.80. The minimum atomic E-state index is 0.539. The number of hydrogen-bond acceptors (Lipinski definition) is 2. The Bertz CT molecular complexity index is 504. The Morgan fingerprint density at radius 1 is 1.12 bits per heavy atom. The van der Waals surface area contributed by atoms with Crippen LogP contribution in [0.15, 0.2) is 29.3 Å². The van der Waals surface area contributed by atoms with Gasteiger partial charge >= 0.3 is 0 Å². The standard InChI is InChI=1S/C20H34N4/c1-4-13-24-14-11-19(12-15-24)23-20(21-6-3)22-16-18-10-8-7-9-17(18)5-2/h7-10,19H,4-6,11-16H2,1-3H3,(H2,21,22,23). The van der Waals surface area contributed by atoms with E-state index in [2.05, 4.69) is 60.6 Å². The molecule has 134 valence electrons. The number of nitrogens with one attached hydrogen (secondary N) is 2. The van der Waals surface area contributed by atoms with Crippen LogP contribution in [0.25, 0.3) is 0 Å². The number of hydrogen-bond donors (Lipinski definition) is 2. The molecule has 0 spiro atoms. The summed E-state index contributed by atoms with van der Waals surface area (Å²) in [4.78, 5) is 7.39. The summed E-state index contributed by atoms with van der Waals surface area (Å²) in [5, 5.41) is 7.04. The molecule has 0 saturated carbocycles. The summed E-state index contributed by atoms with van der Waals surface area (Å²) in [7, 11) is 0. The van der Waals surface area contributed by atoms with Crippen LogP contribution in [0.2, 0.25) is 0 Å². The van der Waals surface area contributed by atoms with Gasteiger partial charge in [0, 0.05) is 25.7 Å². The lowest BCUT2D eigenvalue weighted by molar-refractivity contribution is 0.206. The van der Waals surface area contributed by atoms with E-state index in [1.165, 1.54) is 50.0 Å². The quantitative estimate of drug-likeness (QED) is 0.596. The van der Waals surface area contributed by atoms with Crippen molar-refractivity contribution < 1.29 is 0 Å². The van der Waals surface area contributed by atoms with Gasteiger partial charge < -0.3 is 15.5 Å². The molecule has 0 amide bonds. The smallest absolute Gasteiger partial charge is 0.191 e. The lowest BCUT2D eigenvalue weighted by atomic mass is 10.0. The zero-order valence-electron chi connectivity index (χ0n) is 15.6. The molecule has 24 heavy (non-hydrogen) atoms. The third-order valence-corrected chi connectivity index (χ3v) is 4.72. The maximum absolute atomic E-state index is 4.82. The van der Waals surface area contributed by atoms with E-state index in [4.69, 9.17) is 4.99 Å². The summed E-state index contributed by atoms with van der Waals surface area (Å²) in [5.41, 5.74) is 2.72. The predicted molar refractivity (Wildman–Crippen MR) is 104 cm³/mol. The van der Waals surface area contributed by atoms with Crippen molar-refractivity contribution in [1.82, 2.24) is 15.5 Å². The minimum Gasteiger partial charge on any atom is -0.357 e.